The second-order valence-electron chi connectivity index (χ2n) is 6.20. The Morgan fingerprint density at radius 1 is 1.30 bits per heavy atom. The molecule has 2 aliphatic rings. The molecule has 0 bridgehead atoms. The zero-order chi connectivity index (χ0) is 16.4. The van der Waals surface area contributed by atoms with E-state index in [0.29, 0.717) is 10.0 Å². The lowest BCUT2D eigenvalue weighted by molar-refractivity contribution is -0.946. The fourth-order valence-corrected chi connectivity index (χ4v) is 4.84. The predicted octanol–water partition coefficient (Wildman–Crippen LogP) is 0.418. The summed E-state index contributed by atoms with van der Waals surface area (Å²) in [5, 5.41) is 3.51. The molecule has 2 fully saturated rings. The quantitative estimate of drug-likeness (QED) is 0.800. The highest BCUT2D eigenvalue weighted by Crippen LogP contribution is 2.43. The fourth-order valence-electron chi connectivity index (χ4n) is 3.24. The second kappa shape index (κ2) is 7.62. The van der Waals surface area contributed by atoms with Crippen molar-refractivity contribution in [2.75, 3.05) is 39.3 Å². The average molecular weight is 376 g/mol. The van der Waals surface area contributed by atoms with E-state index in [4.69, 9.17) is 23.2 Å². The highest BCUT2D eigenvalue weighted by Gasteiger charge is 2.39. The molecule has 2 heterocycles. The molecule has 0 unspecified atom stereocenters. The van der Waals surface area contributed by atoms with Gasteiger partial charge in [-0.3, -0.25) is 4.79 Å². The Bertz CT molecular complexity index is 580. The van der Waals surface area contributed by atoms with Gasteiger partial charge in [-0.1, -0.05) is 29.3 Å². The van der Waals surface area contributed by atoms with E-state index in [1.54, 1.807) is 16.7 Å². The largest absolute Gasteiger partial charge is 0.337 e. The van der Waals surface area contributed by atoms with Gasteiger partial charge in [0.2, 0.25) is 5.91 Å². The number of thioether (sulfide) groups is 1. The number of halogens is 2. The van der Waals surface area contributed by atoms with Crippen LogP contribution in [-0.2, 0) is 4.79 Å². The molecule has 3 N–H and O–H groups in total. The van der Waals surface area contributed by atoms with Gasteiger partial charge in [-0.2, -0.15) is 0 Å². The molecule has 0 spiro atoms. The lowest BCUT2D eigenvalue weighted by Gasteiger charge is -2.28. The first-order chi connectivity index (χ1) is 11.1. The summed E-state index contributed by atoms with van der Waals surface area (Å²) in [5.74, 6) is 0.231. The van der Waals surface area contributed by atoms with Crippen molar-refractivity contribution >= 4 is 40.9 Å². The Kier molecular flexibility index (Phi) is 5.75. The zero-order valence-electron chi connectivity index (χ0n) is 13.2. The van der Waals surface area contributed by atoms with E-state index in [1.807, 2.05) is 30.0 Å². The topological polar surface area (TPSA) is 41.4 Å². The number of quaternary nitrogens is 2. The summed E-state index contributed by atoms with van der Waals surface area (Å²) in [6.45, 7) is 8.54. The molecule has 7 heteroatoms. The van der Waals surface area contributed by atoms with Crippen molar-refractivity contribution in [2.45, 2.75) is 17.5 Å². The van der Waals surface area contributed by atoms with Crippen LogP contribution in [0.15, 0.2) is 18.2 Å². The van der Waals surface area contributed by atoms with Gasteiger partial charge in [0, 0.05) is 0 Å². The minimum absolute atomic E-state index is 0.000794. The van der Waals surface area contributed by atoms with Crippen LogP contribution in [0.1, 0.15) is 17.9 Å². The van der Waals surface area contributed by atoms with Crippen LogP contribution in [0.5, 0.6) is 0 Å². The first-order valence-corrected chi connectivity index (χ1v) is 9.82. The van der Waals surface area contributed by atoms with Crippen LogP contribution in [-0.4, -0.2) is 55.3 Å². The average Bonchev–Trinajstić information content (AvgIpc) is 2.84. The van der Waals surface area contributed by atoms with Gasteiger partial charge < -0.3 is 15.1 Å². The Labute approximate surface area is 151 Å². The molecule has 4 nitrogen and oxygen atoms in total. The van der Waals surface area contributed by atoms with E-state index in [1.165, 1.54) is 26.2 Å². The van der Waals surface area contributed by atoms with Crippen LogP contribution < -0.4 is 10.2 Å². The van der Waals surface area contributed by atoms with E-state index < -0.39 is 0 Å². The van der Waals surface area contributed by atoms with Crippen molar-refractivity contribution in [3.05, 3.63) is 33.8 Å². The van der Waals surface area contributed by atoms with Crippen molar-refractivity contribution in [3.63, 3.8) is 0 Å². The molecular formula is C16H23Cl2N3OS+2. The number of carbonyl (C=O) groups excluding carboxylic acids is 1. The summed E-state index contributed by atoms with van der Waals surface area (Å²) in [5.41, 5.74) is 1.06. The normalized spacial score (nSPS) is 26.0. The lowest BCUT2D eigenvalue weighted by Crippen LogP contribution is -3.20. The van der Waals surface area contributed by atoms with Gasteiger partial charge in [-0.15, -0.1) is 11.8 Å². The third kappa shape index (κ3) is 3.97. The van der Waals surface area contributed by atoms with E-state index in [9.17, 15) is 4.79 Å². The summed E-state index contributed by atoms with van der Waals surface area (Å²) < 4.78 is 0. The van der Waals surface area contributed by atoms with Crippen molar-refractivity contribution < 1.29 is 15.0 Å². The van der Waals surface area contributed by atoms with Gasteiger partial charge in [0.05, 0.1) is 28.4 Å². The van der Waals surface area contributed by atoms with Crippen molar-refractivity contribution in [2.24, 2.45) is 0 Å². The maximum atomic E-state index is 12.5. The van der Waals surface area contributed by atoms with E-state index >= 15 is 0 Å². The summed E-state index contributed by atoms with van der Waals surface area (Å²) in [6.07, 6.45) is 0. The van der Waals surface area contributed by atoms with Crippen molar-refractivity contribution in [1.82, 2.24) is 4.90 Å². The number of rotatable bonds is 4. The van der Waals surface area contributed by atoms with Crippen LogP contribution in [0.4, 0.5) is 0 Å². The molecule has 2 aliphatic heterocycles. The number of benzene rings is 1. The molecule has 0 saturated carbocycles. The highest BCUT2D eigenvalue weighted by molar-refractivity contribution is 8.01. The van der Waals surface area contributed by atoms with Crippen LogP contribution >= 0.6 is 35.0 Å². The van der Waals surface area contributed by atoms with Crippen molar-refractivity contribution in [1.29, 1.82) is 0 Å². The summed E-state index contributed by atoms with van der Waals surface area (Å²) in [6, 6.07) is 5.69. The van der Waals surface area contributed by atoms with Crippen molar-refractivity contribution in [3.8, 4) is 0 Å². The Morgan fingerprint density at radius 3 is 2.74 bits per heavy atom. The third-order valence-electron chi connectivity index (χ3n) is 4.59. The fraction of sp³-hybridized carbons (Fsp3) is 0.562. The molecule has 0 aromatic heterocycles. The zero-order valence-corrected chi connectivity index (χ0v) is 15.6. The number of nitrogens with zero attached hydrogens (tertiary/aromatic N) is 1. The summed E-state index contributed by atoms with van der Waals surface area (Å²) >= 11 is 13.9. The summed E-state index contributed by atoms with van der Waals surface area (Å²) in [7, 11) is 0. The molecule has 1 aromatic carbocycles. The highest BCUT2D eigenvalue weighted by atomic mass is 35.5. The van der Waals surface area contributed by atoms with E-state index in [-0.39, 0.29) is 16.5 Å². The number of amides is 1. The maximum Gasteiger partial charge on any atom is 0.236 e. The lowest BCUT2D eigenvalue weighted by atomic mass is 10.2. The van der Waals surface area contributed by atoms with Gasteiger partial charge in [0.25, 0.3) is 0 Å². The molecule has 1 aromatic rings. The molecular weight excluding hydrogens is 353 g/mol. The van der Waals surface area contributed by atoms with Gasteiger partial charge in [0.1, 0.15) is 31.6 Å². The number of hydrogen-bond donors (Lipinski definition) is 2. The maximum absolute atomic E-state index is 12.5. The van der Waals surface area contributed by atoms with Gasteiger partial charge >= 0.3 is 0 Å². The van der Waals surface area contributed by atoms with Crippen LogP contribution in [0, 0.1) is 0 Å². The van der Waals surface area contributed by atoms with Crippen LogP contribution in [0.3, 0.4) is 0 Å². The number of nitrogens with one attached hydrogen (secondary N) is 1. The second-order valence-corrected chi connectivity index (χ2v) is 8.44. The monoisotopic (exact) mass is 375 g/mol. The number of piperazine rings is 1. The molecule has 126 valence electrons. The van der Waals surface area contributed by atoms with E-state index in [0.717, 1.165) is 18.7 Å². The molecule has 3 rings (SSSR count). The van der Waals surface area contributed by atoms with Gasteiger partial charge in [0.15, 0.2) is 0 Å². The predicted molar refractivity (Wildman–Crippen MR) is 95.2 cm³/mol. The molecule has 2 saturated heterocycles. The standard InChI is InChI=1S/C16H21Cl2N3OS/c1-11-15(22)21(9-8-20-6-4-19-5-7-20)16(23-11)12-2-3-13(17)14(18)10-12/h2-3,10-11,16,19H,4-9H2,1H3/p+2/t11-,16-/m1/s1. The minimum Gasteiger partial charge on any atom is -0.337 e. The molecule has 0 aliphatic carbocycles. The SMILES string of the molecule is C[C@H]1S[C@H](c2ccc(Cl)c(Cl)c2)N(CC[NH+]2CC[NH2+]CC2)C1=O. The number of hydrogen-bond acceptors (Lipinski definition) is 2. The molecule has 1 amide bonds. The number of nitrogens with two attached hydrogens (primary N) is 1. The van der Waals surface area contributed by atoms with E-state index in [2.05, 4.69) is 5.32 Å². The van der Waals surface area contributed by atoms with Crippen LogP contribution in [0.2, 0.25) is 10.0 Å². The first-order valence-electron chi connectivity index (χ1n) is 8.12. The Hall–Kier alpha value is -0.460. The minimum atomic E-state index is -0.000794. The van der Waals surface area contributed by atoms with Gasteiger partial charge in [-0.25, -0.2) is 0 Å². The molecule has 2 atom stereocenters. The van der Waals surface area contributed by atoms with Gasteiger partial charge in [-0.05, 0) is 24.6 Å². The first kappa shape index (κ1) is 17.4. The Balaban J connectivity index is 1.72. The molecule has 23 heavy (non-hydrogen) atoms. The molecule has 0 radical (unpaired) electrons. The van der Waals surface area contributed by atoms with Crippen LogP contribution in [0.25, 0.3) is 0 Å². The smallest absolute Gasteiger partial charge is 0.236 e. The summed E-state index contributed by atoms with van der Waals surface area (Å²) in [4.78, 5) is 16.2. The number of carbonyl (C=O) groups is 1. The third-order valence-corrected chi connectivity index (χ3v) is 6.72. The Morgan fingerprint density at radius 2 is 2.04 bits per heavy atom.